The lowest BCUT2D eigenvalue weighted by atomic mass is 9.77. The normalized spacial score (nSPS) is 21.2. The summed E-state index contributed by atoms with van der Waals surface area (Å²) in [6.45, 7) is 4.92. The second kappa shape index (κ2) is 17.4. The third-order valence-corrected chi connectivity index (χ3v) is 8.30. The van der Waals surface area contributed by atoms with E-state index in [0.29, 0.717) is 24.3 Å². The first-order chi connectivity index (χ1) is 19.5. The van der Waals surface area contributed by atoms with Crippen molar-refractivity contribution in [2.45, 2.75) is 128 Å². The second-order valence-corrected chi connectivity index (χ2v) is 11.4. The van der Waals surface area contributed by atoms with E-state index in [1.54, 1.807) is 11.0 Å². The highest BCUT2D eigenvalue weighted by molar-refractivity contribution is 5.96. The van der Waals surface area contributed by atoms with Gasteiger partial charge in [0, 0.05) is 30.6 Å². The molecule has 2 amide bonds. The molecule has 0 unspecified atom stereocenters. The van der Waals surface area contributed by atoms with Crippen LogP contribution in [0, 0.1) is 0 Å². The van der Waals surface area contributed by atoms with Crippen molar-refractivity contribution in [1.82, 2.24) is 10.2 Å². The Labute approximate surface area is 241 Å². The molecule has 0 aromatic heterocycles. The summed E-state index contributed by atoms with van der Waals surface area (Å²) >= 11 is 0. The fraction of sp³-hybridized carbons (Fsp3) is 0.697. The van der Waals surface area contributed by atoms with Crippen molar-refractivity contribution in [2.24, 2.45) is 0 Å². The second-order valence-electron chi connectivity index (χ2n) is 11.4. The number of ether oxygens (including phenoxy) is 1. The number of fused-ring (bicyclic) bond motifs is 3. The summed E-state index contributed by atoms with van der Waals surface area (Å²) in [5.74, 6) is -0.0218. The number of carbonyl (C=O) groups is 2. The van der Waals surface area contributed by atoms with Crippen molar-refractivity contribution in [1.29, 1.82) is 0 Å². The fourth-order valence-electron chi connectivity index (χ4n) is 6.07. The molecule has 7 nitrogen and oxygen atoms in total. The van der Waals surface area contributed by atoms with E-state index in [2.05, 4.69) is 19.2 Å². The smallest absolute Gasteiger partial charge is 0.247 e. The first kappa shape index (κ1) is 32.1. The number of hydrogen-bond donors (Lipinski definition) is 3. The van der Waals surface area contributed by atoms with Gasteiger partial charge in [0.2, 0.25) is 11.8 Å². The molecule has 3 rings (SSSR count). The number of benzene rings is 1. The third-order valence-electron chi connectivity index (χ3n) is 8.30. The minimum Gasteiger partial charge on any atom is -0.486 e. The van der Waals surface area contributed by atoms with Gasteiger partial charge in [-0.15, -0.1) is 0 Å². The number of rotatable bonds is 19. The van der Waals surface area contributed by atoms with Crippen LogP contribution in [0.15, 0.2) is 35.9 Å². The SMILES string of the molecule is CCCCCCCCCCCC(=O)N(CCCCCC)[C@@H]1C=C(C(=O)NCCO)[C@@H]2c3ccccc3O[C@@H]2[C@H]1O. The first-order valence-corrected chi connectivity index (χ1v) is 15.9. The number of hydrogen-bond acceptors (Lipinski definition) is 5. The summed E-state index contributed by atoms with van der Waals surface area (Å²) in [6.07, 6.45) is 15.4. The Balaban J connectivity index is 1.73. The maximum absolute atomic E-state index is 13.6. The summed E-state index contributed by atoms with van der Waals surface area (Å²) in [5.41, 5.74) is 1.36. The molecule has 7 heteroatoms. The number of amides is 2. The molecule has 0 saturated carbocycles. The summed E-state index contributed by atoms with van der Waals surface area (Å²) in [5, 5.41) is 23.7. The van der Waals surface area contributed by atoms with Crippen LogP contribution in [0.2, 0.25) is 0 Å². The average Bonchev–Trinajstić information content (AvgIpc) is 3.36. The predicted octanol–water partition coefficient (Wildman–Crippen LogP) is 5.64. The highest BCUT2D eigenvalue weighted by Crippen LogP contribution is 2.47. The van der Waals surface area contributed by atoms with Crippen LogP contribution in [0.3, 0.4) is 0 Å². The molecule has 0 bridgehead atoms. The highest BCUT2D eigenvalue weighted by Gasteiger charge is 2.50. The molecule has 1 aromatic carbocycles. The Morgan fingerprint density at radius 2 is 1.52 bits per heavy atom. The van der Waals surface area contributed by atoms with Crippen LogP contribution in [0.25, 0.3) is 0 Å². The van der Waals surface area contributed by atoms with E-state index in [9.17, 15) is 19.8 Å². The quantitative estimate of drug-likeness (QED) is 0.192. The lowest BCUT2D eigenvalue weighted by molar-refractivity contribution is -0.137. The van der Waals surface area contributed by atoms with E-state index in [-0.39, 0.29) is 25.0 Å². The zero-order valence-corrected chi connectivity index (χ0v) is 24.8. The van der Waals surface area contributed by atoms with Gasteiger partial charge >= 0.3 is 0 Å². The molecule has 0 radical (unpaired) electrons. The lowest BCUT2D eigenvalue weighted by Crippen LogP contribution is -2.56. The van der Waals surface area contributed by atoms with Crippen LogP contribution in [0.4, 0.5) is 0 Å². The van der Waals surface area contributed by atoms with Crippen LogP contribution in [-0.4, -0.2) is 64.9 Å². The molecule has 0 spiro atoms. The minimum absolute atomic E-state index is 0.0313. The van der Waals surface area contributed by atoms with E-state index in [1.807, 2.05) is 24.3 Å². The zero-order valence-electron chi connectivity index (χ0n) is 24.8. The van der Waals surface area contributed by atoms with Crippen LogP contribution in [0.5, 0.6) is 5.75 Å². The Hall–Kier alpha value is -2.38. The Morgan fingerprint density at radius 3 is 2.20 bits per heavy atom. The van der Waals surface area contributed by atoms with E-state index < -0.39 is 24.2 Å². The van der Waals surface area contributed by atoms with Gasteiger partial charge < -0.3 is 25.2 Å². The van der Waals surface area contributed by atoms with Crippen molar-refractivity contribution in [3.63, 3.8) is 0 Å². The Kier molecular flexibility index (Phi) is 14.0. The fourth-order valence-corrected chi connectivity index (χ4v) is 6.07. The lowest BCUT2D eigenvalue weighted by Gasteiger charge is -2.41. The Morgan fingerprint density at radius 1 is 0.900 bits per heavy atom. The number of carbonyl (C=O) groups excluding carboxylic acids is 2. The molecule has 1 heterocycles. The largest absolute Gasteiger partial charge is 0.486 e. The topological polar surface area (TPSA) is 99.1 Å². The van der Waals surface area contributed by atoms with Gasteiger partial charge in [-0.2, -0.15) is 0 Å². The first-order valence-electron chi connectivity index (χ1n) is 15.9. The van der Waals surface area contributed by atoms with Crippen LogP contribution in [0.1, 0.15) is 115 Å². The molecule has 4 atom stereocenters. The van der Waals surface area contributed by atoms with E-state index in [1.165, 1.54) is 38.5 Å². The third kappa shape index (κ3) is 8.81. The molecule has 1 aliphatic carbocycles. The van der Waals surface area contributed by atoms with Gasteiger partial charge in [0.15, 0.2) is 0 Å². The molecule has 1 aromatic rings. The molecule has 1 aliphatic heterocycles. The van der Waals surface area contributed by atoms with E-state index in [4.69, 9.17) is 4.74 Å². The van der Waals surface area contributed by atoms with Gasteiger partial charge in [0.05, 0.1) is 18.6 Å². The number of aliphatic hydroxyl groups is 2. The van der Waals surface area contributed by atoms with Gasteiger partial charge in [-0.05, 0) is 25.0 Å². The number of nitrogens with zero attached hydrogens (tertiary/aromatic N) is 1. The molecule has 224 valence electrons. The van der Waals surface area contributed by atoms with E-state index in [0.717, 1.165) is 50.5 Å². The molecule has 40 heavy (non-hydrogen) atoms. The molecular formula is C33H52N2O5. The Bertz CT molecular complexity index is 949. The number of nitrogens with one attached hydrogen (secondary N) is 1. The van der Waals surface area contributed by atoms with Gasteiger partial charge in [-0.25, -0.2) is 0 Å². The number of aliphatic hydroxyl groups excluding tert-OH is 2. The number of unbranched alkanes of at least 4 members (excludes halogenated alkanes) is 11. The highest BCUT2D eigenvalue weighted by atomic mass is 16.5. The molecule has 0 fully saturated rings. The van der Waals surface area contributed by atoms with Gasteiger partial charge in [-0.3, -0.25) is 9.59 Å². The van der Waals surface area contributed by atoms with Crippen molar-refractivity contribution in [3.05, 3.63) is 41.5 Å². The van der Waals surface area contributed by atoms with Crippen molar-refractivity contribution < 1.29 is 24.5 Å². The molecular weight excluding hydrogens is 504 g/mol. The summed E-state index contributed by atoms with van der Waals surface area (Å²) in [4.78, 5) is 28.7. The van der Waals surface area contributed by atoms with Crippen molar-refractivity contribution in [3.8, 4) is 5.75 Å². The van der Waals surface area contributed by atoms with Crippen LogP contribution >= 0.6 is 0 Å². The average molecular weight is 557 g/mol. The van der Waals surface area contributed by atoms with Crippen LogP contribution < -0.4 is 10.1 Å². The number of para-hydroxylation sites is 1. The predicted molar refractivity (Wildman–Crippen MR) is 159 cm³/mol. The van der Waals surface area contributed by atoms with Gasteiger partial charge in [0.1, 0.15) is 18.0 Å². The van der Waals surface area contributed by atoms with Crippen molar-refractivity contribution >= 4 is 11.8 Å². The summed E-state index contributed by atoms with van der Waals surface area (Å²) < 4.78 is 6.21. The zero-order chi connectivity index (χ0) is 28.7. The van der Waals surface area contributed by atoms with Crippen LogP contribution in [-0.2, 0) is 9.59 Å². The van der Waals surface area contributed by atoms with Gasteiger partial charge in [0.25, 0.3) is 0 Å². The van der Waals surface area contributed by atoms with Gasteiger partial charge in [-0.1, -0.05) is 103 Å². The minimum atomic E-state index is -0.954. The monoisotopic (exact) mass is 556 g/mol. The maximum Gasteiger partial charge on any atom is 0.247 e. The summed E-state index contributed by atoms with van der Waals surface area (Å²) in [6, 6.07) is 6.93. The summed E-state index contributed by atoms with van der Waals surface area (Å²) in [7, 11) is 0. The maximum atomic E-state index is 13.6. The molecule has 2 aliphatic rings. The molecule has 3 N–H and O–H groups in total. The van der Waals surface area contributed by atoms with E-state index >= 15 is 0 Å². The van der Waals surface area contributed by atoms with Crippen molar-refractivity contribution in [2.75, 3.05) is 19.7 Å². The standard InChI is InChI=1S/C33H52N2O5/c1-3-5-7-9-10-11-12-13-14-20-29(37)35(22-17-8-6-4-2)27-24-26(33(39)34-21-23-36)30-25-18-15-16-19-28(25)40-32(30)31(27)38/h15-16,18-19,24,27,30-32,36,38H,3-14,17,20-23H2,1-2H3,(H,34,39)/t27-,30+,31+,32+/m1/s1. The molecule has 0 saturated heterocycles.